The van der Waals surface area contributed by atoms with E-state index in [2.05, 4.69) is 0 Å². The Bertz CT molecular complexity index is 246. The Kier molecular flexibility index (Phi) is 7.52. The molecule has 0 aromatic carbocycles. The molecule has 3 rings (SSSR count). The molecule has 1 nitrogen and oxygen atoms in total. The largest absolute Gasteiger partial charge is 0.431 e. The van der Waals surface area contributed by atoms with Crippen LogP contribution in [-0.4, -0.2) is 13.1 Å². The first-order valence-corrected chi connectivity index (χ1v) is 11.7. The molecule has 0 unspecified atom stereocenters. The van der Waals surface area contributed by atoms with Crippen LogP contribution in [0.2, 0.25) is 16.6 Å². The summed E-state index contributed by atoms with van der Waals surface area (Å²) in [5.41, 5.74) is 2.30. The third-order valence-corrected chi connectivity index (χ3v) is 12.4. The summed E-state index contributed by atoms with van der Waals surface area (Å²) < 4.78 is 0. The van der Waals surface area contributed by atoms with Gasteiger partial charge in [-0.2, -0.15) is 0 Å². The fourth-order valence-corrected chi connectivity index (χ4v) is 11.7. The van der Waals surface area contributed by atoms with Crippen LogP contribution in [0.4, 0.5) is 0 Å². The van der Waals surface area contributed by atoms with Crippen molar-refractivity contribution < 1.29 is 26.5 Å². The molecule has 3 saturated carbocycles. The first kappa shape index (κ1) is 18.2. The van der Waals surface area contributed by atoms with E-state index in [1.54, 1.807) is 0 Å². The fraction of sp³-hybridized carbons (Fsp3) is 1.00. The van der Waals surface area contributed by atoms with E-state index in [1.165, 1.54) is 96.3 Å². The van der Waals surface area contributed by atoms with Gasteiger partial charge in [0.05, 0.1) is 0 Å². The summed E-state index contributed by atoms with van der Waals surface area (Å²) in [5, 5.41) is 0. The van der Waals surface area contributed by atoms with Crippen LogP contribution in [0.25, 0.3) is 0 Å². The number of rotatable bonds is 3. The standard InChI is InChI=1S/C18H34OSi.Ti/c19-20(16-10-4-1-5-11-16,17-12-6-2-7-13-17)18-14-8-3-9-15-18;/h16-19H,1-15H2;. The maximum absolute atomic E-state index is 12.0. The first-order chi connectivity index (χ1) is 9.82. The summed E-state index contributed by atoms with van der Waals surface area (Å²) in [4.78, 5) is 12.0. The molecule has 0 radical (unpaired) electrons. The zero-order valence-corrected chi connectivity index (χ0v) is 16.3. The minimum Gasteiger partial charge on any atom is -0.431 e. The van der Waals surface area contributed by atoms with E-state index in [1.807, 2.05) is 0 Å². The van der Waals surface area contributed by atoms with E-state index in [4.69, 9.17) is 0 Å². The average molecular weight is 342 g/mol. The maximum atomic E-state index is 12.0. The zero-order valence-electron chi connectivity index (χ0n) is 13.8. The Balaban J connectivity index is 0.00000161. The van der Waals surface area contributed by atoms with Crippen LogP contribution in [0.3, 0.4) is 0 Å². The third-order valence-electron chi connectivity index (χ3n) is 6.78. The van der Waals surface area contributed by atoms with Crippen molar-refractivity contribution in [1.82, 2.24) is 0 Å². The molecule has 3 heteroatoms. The molecule has 0 aromatic rings. The molecule has 0 bridgehead atoms. The summed E-state index contributed by atoms with van der Waals surface area (Å²) in [7, 11) is -2.05. The van der Waals surface area contributed by atoms with Crippen LogP contribution in [0, 0.1) is 0 Å². The van der Waals surface area contributed by atoms with Crippen molar-refractivity contribution in [2.75, 3.05) is 0 Å². The van der Waals surface area contributed by atoms with Crippen molar-refractivity contribution in [2.24, 2.45) is 0 Å². The fourth-order valence-electron chi connectivity index (χ4n) is 5.70. The molecule has 0 amide bonds. The van der Waals surface area contributed by atoms with E-state index < -0.39 is 8.32 Å². The molecule has 0 aliphatic heterocycles. The normalized spacial score (nSPS) is 27.3. The van der Waals surface area contributed by atoms with Crippen molar-refractivity contribution in [3.8, 4) is 0 Å². The number of hydrogen-bond acceptors (Lipinski definition) is 1. The van der Waals surface area contributed by atoms with Gasteiger partial charge in [-0.3, -0.25) is 0 Å². The SMILES string of the molecule is O[Si](C1CCCCC1)(C1CCCCC1)C1CCCCC1.[Ti]. The van der Waals surface area contributed by atoms with Gasteiger partial charge in [0.15, 0.2) is 8.32 Å². The third kappa shape index (κ3) is 4.05. The van der Waals surface area contributed by atoms with E-state index in [9.17, 15) is 4.80 Å². The predicted molar refractivity (Wildman–Crippen MR) is 88.5 cm³/mol. The second-order valence-corrected chi connectivity index (χ2v) is 12.1. The molecule has 0 spiro atoms. The predicted octanol–water partition coefficient (Wildman–Crippen LogP) is 5.92. The van der Waals surface area contributed by atoms with Crippen molar-refractivity contribution in [3.63, 3.8) is 0 Å². The summed E-state index contributed by atoms with van der Waals surface area (Å²) in [6, 6.07) is 0. The Morgan fingerprint density at radius 1 is 0.476 bits per heavy atom. The molecule has 1 N–H and O–H groups in total. The van der Waals surface area contributed by atoms with Crippen LogP contribution in [0.5, 0.6) is 0 Å². The molecular formula is C18H34OSiTi. The second kappa shape index (κ2) is 8.66. The Labute approximate surface area is 147 Å². The summed E-state index contributed by atoms with van der Waals surface area (Å²) in [6.07, 6.45) is 20.9. The van der Waals surface area contributed by atoms with Gasteiger partial charge in [0.1, 0.15) is 0 Å². The molecule has 21 heavy (non-hydrogen) atoms. The second-order valence-electron chi connectivity index (χ2n) is 7.89. The van der Waals surface area contributed by atoms with Crippen molar-refractivity contribution in [1.29, 1.82) is 0 Å². The van der Waals surface area contributed by atoms with Crippen LogP contribution in [0.15, 0.2) is 0 Å². The van der Waals surface area contributed by atoms with E-state index >= 15 is 0 Å². The topological polar surface area (TPSA) is 20.2 Å². The van der Waals surface area contributed by atoms with Crippen LogP contribution in [0.1, 0.15) is 96.3 Å². The van der Waals surface area contributed by atoms with Crippen LogP contribution in [-0.2, 0) is 21.7 Å². The molecule has 0 aromatic heterocycles. The summed E-state index contributed by atoms with van der Waals surface area (Å²) in [6.45, 7) is 0. The van der Waals surface area contributed by atoms with E-state index in [0.29, 0.717) is 0 Å². The molecule has 3 aliphatic carbocycles. The summed E-state index contributed by atoms with van der Waals surface area (Å²) in [5.74, 6) is 0. The van der Waals surface area contributed by atoms with Gasteiger partial charge in [0.25, 0.3) is 0 Å². The van der Waals surface area contributed by atoms with Gasteiger partial charge in [-0.1, -0.05) is 96.3 Å². The molecule has 0 atom stereocenters. The minimum atomic E-state index is -2.05. The monoisotopic (exact) mass is 342 g/mol. The van der Waals surface area contributed by atoms with E-state index in [-0.39, 0.29) is 21.7 Å². The minimum absolute atomic E-state index is 0. The first-order valence-electron chi connectivity index (χ1n) is 9.54. The molecule has 0 saturated heterocycles. The van der Waals surface area contributed by atoms with Gasteiger partial charge in [-0.05, 0) is 16.6 Å². The van der Waals surface area contributed by atoms with Gasteiger partial charge in [0.2, 0.25) is 0 Å². The average Bonchev–Trinajstić information content (AvgIpc) is 2.56. The molecular weight excluding hydrogens is 308 g/mol. The van der Waals surface area contributed by atoms with Gasteiger partial charge >= 0.3 is 0 Å². The maximum Gasteiger partial charge on any atom is 0.197 e. The van der Waals surface area contributed by atoms with Crippen molar-refractivity contribution in [2.45, 2.75) is 113 Å². The molecule has 3 fully saturated rings. The van der Waals surface area contributed by atoms with Crippen LogP contribution >= 0.6 is 0 Å². The van der Waals surface area contributed by atoms with Gasteiger partial charge < -0.3 is 4.80 Å². The van der Waals surface area contributed by atoms with Gasteiger partial charge in [-0.25, -0.2) is 0 Å². The Morgan fingerprint density at radius 2 is 0.714 bits per heavy atom. The molecule has 120 valence electrons. The quantitative estimate of drug-likeness (QED) is 0.631. The van der Waals surface area contributed by atoms with Crippen LogP contribution < -0.4 is 0 Å². The molecule has 3 aliphatic rings. The zero-order chi connectivity index (χ0) is 13.8. The number of hydrogen-bond donors (Lipinski definition) is 1. The van der Waals surface area contributed by atoms with Crippen molar-refractivity contribution >= 4 is 8.32 Å². The smallest absolute Gasteiger partial charge is 0.197 e. The molecule has 0 heterocycles. The van der Waals surface area contributed by atoms with Crippen molar-refractivity contribution in [3.05, 3.63) is 0 Å². The Hall–Kier alpha value is 0.891. The van der Waals surface area contributed by atoms with Gasteiger partial charge in [0, 0.05) is 21.7 Å². The van der Waals surface area contributed by atoms with Gasteiger partial charge in [-0.15, -0.1) is 0 Å². The van der Waals surface area contributed by atoms with E-state index in [0.717, 1.165) is 16.6 Å². The summed E-state index contributed by atoms with van der Waals surface area (Å²) >= 11 is 0. The Morgan fingerprint density at radius 3 is 0.952 bits per heavy atom.